The predicted molar refractivity (Wildman–Crippen MR) is 375 cm³/mol. The fraction of sp³-hybridized carbons (Fsp3) is 0.547. The number of unbranched alkanes of at least 4 members (excludes halogenated alkanes) is 1. The minimum Gasteiger partial charge on any atom is -0.493 e. The molecule has 3 spiro atoms. The second kappa shape index (κ2) is 32.2. The summed E-state index contributed by atoms with van der Waals surface area (Å²) in [5, 5.41) is 9.90. The average molecular weight is 1550 g/mol. The first-order valence-electron chi connectivity index (χ1n) is 36.1. The largest absolute Gasteiger partial charge is 0.522 e. The predicted octanol–water partition coefficient (Wildman–Crippen LogP) is 12.1. The van der Waals surface area contributed by atoms with Gasteiger partial charge in [-0.15, -0.1) is 13.2 Å². The Bertz CT molecular complexity index is 4270. The number of anilines is 1. The molecule has 11 heterocycles. The lowest BCUT2D eigenvalue weighted by atomic mass is 9.80. The molecule has 596 valence electrons. The van der Waals surface area contributed by atoms with Gasteiger partial charge in [0.15, 0.2) is 23.0 Å². The summed E-state index contributed by atoms with van der Waals surface area (Å²) in [5.41, 5.74) is 0.262. The molecule has 2 unspecified atom stereocenters. The van der Waals surface area contributed by atoms with Crippen molar-refractivity contribution >= 4 is 35.1 Å². The number of carbonyl (C=O) groups is 5. The Morgan fingerprint density at radius 2 is 1.03 bits per heavy atom. The lowest BCUT2D eigenvalue weighted by molar-refractivity contribution is -0.325. The van der Waals surface area contributed by atoms with Gasteiger partial charge >= 0.3 is 24.9 Å². The van der Waals surface area contributed by atoms with Crippen LogP contribution in [0.2, 0.25) is 0 Å². The summed E-state index contributed by atoms with van der Waals surface area (Å²) in [5.74, 6) is -2.30. The highest BCUT2D eigenvalue weighted by Gasteiger charge is 2.53. The molecular weight excluding hydrogens is 1460 g/mol. The number of halogens is 12. The number of ether oxygens (including phenoxy) is 5. The maximum atomic E-state index is 13.5. The van der Waals surface area contributed by atoms with Crippen LogP contribution >= 0.6 is 0 Å². The molecule has 7 aliphatic heterocycles. The molecule has 6 aromatic rings. The summed E-state index contributed by atoms with van der Waals surface area (Å²) in [6.45, 7) is 8.84. The molecule has 0 aliphatic carbocycles. The van der Waals surface area contributed by atoms with Crippen molar-refractivity contribution in [2.75, 3.05) is 132 Å². The van der Waals surface area contributed by atoms with Gasteiger partial charge in [0.05, 0.1) is 67.1 Å². The molecule has 34 heteroatoms. The van der Waals surface area contributed by atoms with E-state index < -0.39 is 71.5 Å². The molecule has 0 radical (unpaired) electrons. The van der Waals surface area contributed by atoms with E-state index in [1.165, 1.54) is 57.2 Å². The highest BCUT2D eigenvalue weighted by molar-refractivity contribution is 6.01. The lowest BCUT2D eigenvalue weighted by Crippen LogP contribution is -2.57. The van der Waals surface area contributed by atoms with E-state index in [0.717, 1.165) is 12.8 Å². The van der Waals surface area contributed by atoms with Gasteiger partial charge in [0.25, 0.3) is 29.3 Å². The maximum absolute atomic E-state index is 13.5. The number of methoxy groups -OCH3 is 2. The van der Waals surface area contributed by atoms with Gasteiger partial charge in [-0.2, -0.15) is 39.5 Å². The van der Waals surface area contributed by atoms with Gasteiger partial charge in [-0.3, -0.25) is 43.4 Å². The van der Waals surface area contributed by atoms with E-state index in [1.54, 1.807) is 83.5 Å². The molecule has 13 rings (SSSR count). The van der Waals surface area contributed by atoms with E-state index in [4.69, 9.17) is 18.9 Å². The third kappa shape index (κ3) is 16.6. The summed E-state index contributed by atoms with van der Waals surface area (Å²) in [7, 11) is 8.68. The van der Waals surface area contributed by atoms with Gasteiger partial charge < -0.3 is 57.4 Å². The zero-order valence-electron chi connectivity index (χ0n) is 61.5. The number of ketones is 2. The lowest BCUT2D eigenvalue weighted by Gasteiger charge is -2.52. The molecule has 4 fully saturated rings. The van der Waals surface area contributed by atoms with Crippen molar-refractivity contribution < 1.29 is 107 Å². The number of piperidine rings is 3. The van der Waals surface area contributed by atoms with E-state index in [0.29, 0.717) is 182 Å². The van der Waals surface area contributed by atoms with E-state index >= 15 is 0 Å². The van der Waals surface area contributed by atoms with Crippen molar-refractivity contribution in [1.29, 1.82) is 0 Å². The number of Topliss-reactive ketones (excluding diaryl/α,β-unsaturated/α-hetero) is 2. The Hall–Kier alpha value is -8.86. The second-order valence-electron chi connectivity index (χ2n) is 28.5. The number of pyridine rings is 1. The molecular formula is C75H91F12N11O11. The number of benzene rings is 2. The number of nitrogens with zero attached hydrogens (tertiary/aromatic N) is 11. The molecule has 3 amide bonds. The number of rotatable bonds is 16. The van der Waals surface area contributed by atoms with Crippen LogP contribution in [-0.4, -0.2) is 234 Å². The van der Waals surface area contributed by atoms with Crippen molar-refractivity contribution in [1.82, 2.24) is 48.1 Å². The van der Waals surface area contributed by atoms with Gasteiger partial charge in [0.2, 0.25) is 0 Å². The number of aliphatic hydroxyl groups is 1. The normalized spacial score (nSPS) is 20.0. The number of hydrogen-bond donors (Lipinski definition) is 1. The molecule has 22 nitrogen and oxygen atoms in total. The number of β-amino-alcohol motifs (C(OH)–C–C–N with tert-alkyl or cyclic N) is 1. The minimum absolute atomic E-state index is 0. The first-order valence-corrected chi connectivity index (χ1v) is 36.1. The van der Waals surface area contributed by atoms with Gasteiger partial charge in [-0.25, -0.2) is 4.98 Å². The van der Waals surface area contributed by atoms with Crippen LogP contribution in [0.4, 0.5) is 58.5 Å². The van der Waals surface area contributed by atoms with Crippen molar-refractivity contribution in [2.24, 2.45) is 0 Å². The zero-order valence-corrected chi connectivity index (χ0v) is 61.5. The Morgan fingerprint density at radius 1 is 0.532 bits per heavy atom. The topological polar surface area (TPSA) is 202 Å². The van der Waals surface area contributed by atoms with E-state index in [1.807, 2.05) is 26.0 Å². The molecule has 109 heavy (non-hydrogen) atoms. The van der Waals surface area contributed by atoms with Crippen LogP contribution in [0.5, 0.6) is 23.0 Å². The summed E-state index contributed by atoms with van der Waals surface area (Å²) >= 11 is 0. The highest BCUT2D eigenvalue weighted by Crippen LogP contribution is 2.48. The van der Waals surface area contributed by atoms with Crippen LogP contribution in [0, 0.1) is 0 Å². The van der Waals surface area contributed by atoms with Crippen LogP contribution in [-0.2, 0) is 40.6 Å². The van der Waals surface area contributed by atoms with E-state index in [2.05, 4.69) is 31.3 Å². The van der Waals surface area contributed by atoms with Crippen LogP contribution in [0.15, 0.2) is 91.1 Å². The van der Waals surface area contributed by atoms with Crippen LogP contribution in [0.3, 0.4) is 0 Å². The van der Waals surface area contributed by atoms with Gasteiger partial charge in [0.1, 0.15) is 18.1 Å². The smallest absolute Gasteiger partial charge is 0.493 e. The Labute approximate surface area is 623 Å². The number of carbonyl (C=O) groups excluding carboxylic acids is 5. The fourth-order valence-electron chi connectivity index (χ4n) is 16.5. The van der Waals surface area contributed by atoms with E-state index in [-0.39, 0.29) is 60.2 Å². The number of aromatic nitrogens is 4. The maximum Gasteiger partial charge on any atom is 0.522 e. The van der Waals surface area contributed by atoms with Crippen molar-refractivity contribution in [3.05, 3.63) is 142 Å². The standard InChI is InChI=1S/C26H29F6N3O5.C26H32F3N3O4.C23H28F3N5O2.H2/c1-16-15-33(2)24(21-7-5-18(35(16)21)22(36)25(27,28)29)8-10-34(11-9-24)23(37)17-4-6-19(20(14-17)38-3)39-12-13-40-26(30,31)32;1-4-5-16-36-21-17-18(6-8-20(21)35-3)24(34)31-12-10-25(11-13-31)22-9-7-19(23(33)26(27,28)29)32(22)15-14-30(25)2;1-28-13-14-31-18(4-5-19(31)23(24,25)26)22(28)7-11-29(12-8-22)21(33)17-3-2-9-27-20(17)30-10-6-16(32)15-30;/h4-7,14,16H,8-13,15H2,1-3H3;6-9,17H,4-5,10-16H2,1-3H3;2-5,9,16,32H,6-8,10-15H2,1H3;1H. The number of amides is 3. The summed E-state index contributed by atoms with van der Waals surface area (Å²) < 4.78 is 186. The number of likely N-dealkylation sites (N-methyl/N-ethyl adjacent to an activating group) is 3. The first kappa shape index (κ1) is 81.1. The highest BCUT2D eigenvalue weighted by atomic mass is 19.4. The second-order valence-corrected chi connectivity index (χ2v) is 28.5. The van der Waals surface area contributed by atoms with Crippen molar-refractivity contribution in [3.8, 4) is 23.0 Å². The Morgan fingerprint density at radius 3 is 1.56 bits per heavy atom. The summed E-state index contributed by atoms with van der Waals surface area (Å²) in [4.78, 5) is 82.0. The monoisotopic (exact) mass is 1550 g/mol. The molecule has 4 saturated heterocycles. The molecule has 0 saturated carbocycles. The quantitative estimate of drug-likeness (QED) is 0.0544. The van der Waals surface area contributed by atoms with E-state index in [9.17, 15) is 81.8 Å². The number of fused-ring (bicyclic) bond motifs is 6. The van der Waals surface area contributed by atoms with Gasteiger partial charge in [-0.1, -0.05) is 13.3 Å². The first-order chi connectivity index (χ1) is 51.5. The third-order valence-electron chi connectivity index (χ3n) is 22.4. The Balaban J connectivity index is 0.000000175. The minimum atomic E-state index is -4.99. The van der Waals surface area contributed by atoms with Crippen LogP contribution < -0.4 is 23.8 Å². The average Bonchev–Trinajstić information content (AvgIpc) is 1.51. The number of alkyl halides is 12. The van der Waals surface area contributed by atoms with Gasteiger partial charge in [0, 0.05) is 127 Å². The summed E-state index contributed by atoms with van der Waals surface area (Å²) in [6.07, 6.45) is -12.2. The Kier molecular flexibility index (Phi) is 24.0. The van der Waals surface area contributed by atoms with Crippen LogP contribution in [0.1, 0.15) is 154 Å². The van der Waals surface area contributed by atoms with Crippen LogP contribution in [0.25, 0.3) is 0 Å². The van der Waals surface area contributed by atoms with Gasteiger partial charge in [-0.05, 0) is 164 Å². The number of aliphatic hydroxyl groups excluding tert-OH is 1. The molecule has 2 aromatic carbocycles. The fourth-order valence-corrected chi connectivity index (χ4v) is 16.5. The molecule has 0 bridgehead atoms. The van der Waals surface area contributed by atoms with Crippen molar-refractivity contribution in [3.63, 3.8) is 0 Å². The number of likely N-dealkylation sites (tertiary alicyclic amines) is 3. The molecule has 2 atom stereocenters. The zero-order chi connectivity index (χ0) is 78.9. The summed E-state index contributed by atoms with van der Waals surface area (Å²) in [6, 6.07) is 21.1. The molecule has 4 aromatic heterocycles. The van der Waals surface area contributed by atoms with Crippen molar-refractivity contribution in [2.45, 2.75) is 138 Å². The molecule has 7 aliphatic rings. The number of hydrogen-bond acceptors (Lipinski definition) is 16. The third-order valence-corrected chi connectivity index (χ3v) is 22.4. The SMILES string of the molecule is CCCCOc1cc(C(=O)N2CCC3(CC2)c2ccc(C(=O)C(F)(F)F)n2CCN3C)ccc1OC.CN1CCn2c(C(F)(F)F)ccc2C12CCN(C(=O)c1cccnc1N1CCC(O)C1)CC2.COc1cc(C(=O)N2CCC3(CC2)c2ccc(C(=O)C(F)(F)F)n2C(C)CN3C)ccc1OCCOC(F)(F)F.[HH]. The molecule has 1 N–H and O–H groups in total.